The molecule has 1 aromatic heterocycles. The van der Waals surface area contributed by atoms with Gasteiger partial charge < -0.3 is 5.73 Å². The Morgan fingerprint density at radius 1 is 1.12 bits per heavy atom. The van der Waals surface area contributed by atoms with Crippen LogP contribution in [0.2, 0.25) is 0 Å². The fourth-order valence-corrected chi connectivity index (χ4v) is 2.44. The molecule has 1 aromatic carbocycles. The second-order valence-corrected chi connectivity index (χ2v) is 4.66. The molecule has 0 spiro atoms. The number of nitrogens with zero attached hydrogens (tertiary/aromatic N) is 1. The first-order valence-corrected chi connectivity index (χ1v) is 6.02. The number of rotatable bonds is 3. The van der Waals surface area contributed by atoms with Crippen LogP contribution in [-0.4, -0.2) is 4.98 Å². The minimum atomic E-state index is 0.0138. The van der Waals surface area contributed by atoms with Crippen LogP contribution in [0.1, 0.15) is 18.5 Å². The standard InChI is InChI=1S/C13H14N2S/c1-10(14)12-8-5-9-15-13(12)16-11-6-3-2-4-7-11/h2-10H,14H2,1H3/t10-/m1/s1. The van der Waals surface area contributed by atoms with Crippen LogP contribution in [0.4, 0.5) is 0 Å². The van der Waals surface area contributed by atoms with Gasteiger partial charge in [0.25, 0.3) is 0 Å². The van der Waals surface area contributed by atoms with Crippen molar-refractivity contribution in [1.82, 2.24) is 4.98 Å². The Kier molecular flexibility index (Phi) is 3.59. The lowest BCUT2D eigenvalue weighted by molar-refractivity contribution is 0.779. The molecule has 0 saturated carbocycles. The average Bonchev–Trinajstić information content (AvgIpc) is 2.31. The maximum Gasteiger partial charge on any atom is 0.105 e. The lowest BCUT2D eigenvalue weighted by atomic mass is 10.2. The van der Waals surface area contributed by atoms with Gasteiger partial charge in [0.15, 0.2) is 0 Å². The minimum absolute atomic E-state index is 0.0138. The molecule has 1 heterocycles. The first kappa shape index (κ1) is 11.2. The Labute approximate surface area is 99.9 Å². The number of aromatic nitrogens is 1. The van der Waals surface area contributed by atoms with Gasteiger partial charge in [-0.05, 0) is 25.1 Å². The summed E-state index contributed by atoms with van der Waals surface area (Å²) in [5.41, 5.74) is 7.01. The van der Waals surface area contributed by atoms with E-state index in [9.17, 15) is 0 Å². The third kappa shape index (κ3) is 2.62. The van der Waals surface area contributed by atoms with E-state index in [-0.39, 0.29) is 6.04 Å². The number of benzene rings is 1. The van der Waals surface area contributed by atoms with Crippen molar-refractivity contribution in [2.75, 3.05) is 0 Å². The Balaban J connectivity index is 2.28. The van der Waals surface area contributed by atoms with Gasteiger partial charge in [-0.2, -0.15) is 0 Å². The van der Waals surface area contributed by atoms with Crippen LogP contribution in [0.3, 0.4) is 0 Å². The summed E-state index contributed by atoms with van der Waals surface area (Å²) in [5, 5.41) is 0.990. The highest BCUT2D eigenvalue weighted by Crippen LogP contribution is 2.30. The summed E-state index contributed by atoms with van der Waals surface area (Å²) < 4.78 is 0. The summed E-state index contributed by atoms with van der Waals surface area (Å²) >= 11 is 1.65. The molecule has 0 fully saturated rings. The lowest BCUT2D eigenvalue weighted by Gasteiger charge is -2.10. The van der Waals surface area contributed by atoms with E-state index in [1.165, 1.54) is 4.90 Å². The van der Waals surface area contributed by atoms with Crippen LogP contribution < -0.4 is 5.73 Å². The zero-order valence-corrected chi connectivity index (χ0v) is 9.95. The van der Waals surface area contributed by atoms with Gasteiger partial charge in [0.05, 0.1) is 0 Å². The third-order valence-electron chi connectivity index (χ3n) is 2.25. The predicted octanol–water partition coefficient (Wildman–Crippen LogP) is 3.25. The van der Waals surface area contributed by atoms with Crippen molar-refractivity contribution in [3.63, 3.8) is 0 Å². The van der Waals surface area contributed by atoms with Crippen LogP contribution in [0, 0.1) is 0 Å². The minimum Gasteiger partial charge on any atom is -0.324 e. The first-order valence-electron chi connectivity index (χ1n) is 5.21. The van der Waals surface area contributed by atoms with E-state index in [0.717, 1.165) is 10.6 Å². The summed E-state index contributed by atoms with van der Waals surface area (Å²) in [5.74, 6) is 0. The Morgan fingerprint density at radius 3 is 2.56 bits per heavy atom. The molecule has 0 radical (unpaired) electrons. The molecule has 82 valence electrons. The van der Waals surface area contributed by atoms with E-state index in [1.807, 2.05) is 37.3 Å². The Hall–Kier alpha value is -1.32. The molecule has 0 aliphatic carbocycles. The van der Waals surface area contributed by atoms with E-state index in [1.54, 1.807) is 18.0 Å². The van der Waals surface area contributed by atoms with E-state index >= 15 is 0 Å². The van der Waals surface area contributed by atoms with Gasteiger partial charge >= 0.3 is 0 Å². The lowest BCUT2D eigenvalue weighted by Crippen LogP contribution is -2.06. The molecular weight excluding hydrogens is 216 g/mol. The second kappa shape index (κ2) is 5.14. The molecular formula is C13H14N2S. The average molecular weight is 230 g/mol. The van der Waals surface area contributed by atoms with Gasteiger partial charge in [-0.3, -0.25) is 0 Å². The molecule has 3 heteroatoms. The predicted molar refractivity (Wildman–Crippen MR) is 67.4 cm³/mol. The van der Waals surface area contributed by atoms with Crippen LogP contribution in [0.25, 0.3) is 0 Å². The first-order chi connectivity index (χ1) is 7.77. The van der Waals surface area contributed by atoms with Gasteiger partial charge in [-0.25, -0.2) is 4.98 Å². The summed E-state index contributed by atoms with van der Waals surface area (Å²) in [4.78, 5) is 5.56. The van der Waals surface area contributed by atoms with E-state index in [0.29, 0.717) is 0 Å². The van der Waals surface area contributed by atoms with Gasteiger partial charge in [0, 0.05) is 22.7 Å². The number of hydrogen-bond donors (Lipinski definition) is 1. The van der Waals surface area contributed by atoms with Crippen molar-refractivity contribution in [3.8, 4) is 0 Å². The molecule has 2 N–H and O–H groups in total. The number of nitrogens with two attached hydrogens (primary N) is 1. The van der Waals surface area contributed by atoms with Crippen molar-refractivity contribution in [1.29, 1.82) is 0 Å². The fourth-order valence-electron chi connectivity index (χ4n) is 1.44. The zero-order chi connectivity index (χ0) is 11.4. The monoisotopic (exact) mass is 230 g/mol. The van der Waals surface area contributed by atoms with Crippen molar-refractivity contribution in [3.05, 3.63) is 54.2 Å². The highest BCUT2D eigenvalue weighted by Gasteiger charge is 2.08. The molecule has 0 aliphatic rings. The fraction of sp³-hybridized carbons (Fsp3) is 0.154. The van der Waals surface area contributed by atoms with Crippen LogP contribution in [0.15, 0.2) is 58.6 Å². The molecule has 0 unspecified atom stereocenters. The molecule has 2 rings (SSSR count). The van der Waals surface area contributed by atoms with Crippen LogP contribution in [0.5, 0.6) is 0 Å². The third-order valence-corrected chi connectivity index (χ3v) is 3.29. The SMILES string of the molecule is C[C@@H](N)c1cccnc1Sc1ccccc1. The second-order valence-electron chi connectivity index (χ2n) is 3.60. The van der Waals surface area contributed by atoms with Crippen molar-refractivity contribution in [2.24, 2.45) is 5.73 Å². The van der Waals surface area contributed by atoms with Crippen molar-refractivity contribution < 1.29 is 0 Å². The van der Waals surface area contributed by atoms with Gasteiger partial charge in [0.1, 0.15) is 5.03 Å². The van der Waals surface area contributed by atoms with E-state index < -0.39 is 0 Å². The van der Waals surface area contributed by atoms with E-state index in [2.05, 4.69) is 17.1 Å². The van der Waals surface area contributed by atoms with Gasteiger partial charge in [-0.15, -0.1) is 0 Å². The quantitative estimate of drug-likeness (QED) is 0.879. The molecule has 2 aromatic rings. The van der Waals surface area contributed by atoms with Crippen molar-refractivity contribution in [2.45, 2.75) is 22.9 Å². The van der Waals surface area contributed by atoms with Gasteiger partial charge in [-0.1, -0.05) is 36.0 Å². The summed E-state index contributed by atoms with van der Waals surface area (Å²) in [6.45, 7) is 1.98. The molecule has 0 amide bonds. The largest absolute Gasteiger partial charge is 0.324 e. The number of pyridine rings is 1. The summed E-state index contributed by atoms with van der Waals surface area (Å²) in [7, 11) is 0. The Bertz CT molecular complexity index is 454. The van der Waals surface area contributed by atoms with E-state index in [4.69, 9.17) is 5.73 Å². The molecule has 0 saturated heterocycles. The molecule has 1 atom stereocenters. The molecule has 0 aliphatic heterocycles. The molecule has 16 heavy (non-hydrogen) atoms. The molecule has 0 bridgehead atoms. The maximum atomic E-state index is 5.91. The Morgan fingerprint density at radius 2 is 1.88 bits per heavy atom. The highest BCUT2D eigenvalue weighted by molar-refractivity contribution is 7.99. The number of hydrogen-bond acceptors (Lipinski definition) is 3. The highest BCUT2D eigenvalue weighted by atomic mass is 32.2. The molecule has 2 nitrogen and oxygen atoms in total. The van der Waals surface area contributed by atoms with Crippen LogP contribution >= 0.6 is 11.8 Å². The maximum absolute atomic E-state index is 5.91. The normalized spacial score (nSPS) is 12.4. The van der Waals surface area contributed by atoms with Gasteiger partial charge in [0.2, 0.25) is 0 Å². The summed E-state index contributed by atoms with van der Waals surface area (Å²) in [6, 6.07) is 14.2. The van der Waals surface area contributed by atoms with Crippen molar-refractivity contribution >= 4 is 11.8 Å². The smallest absolute Gasteiger partial charge is 0.105 e. The summed E-state index contributed by atoms with van der Waals surface area (Å²) in [6.07, 6.45) is 1.80. The topological polar surface area (TPSA) is 38.9 Å². The zero-order valence-electron chi connectivity index (χ0n) is 9.13. The van der Waals surface area contributed by atoms with Crippen LogP contribution in [-0.2, 0) is 0 Å².